The zero-order valence-corrected chi connectivity index (χ0v) is 62.5. The normalized spacial score (nSPS) is 15.0. The SMILES string of the molecule is C=CC(=O)N1CC(CC(=O)Cn2cc(-c3ccccc3-c3ccccc3)c3cc(Br)cc(C)c32)C1.C=CC(=O)N1CC(CC(=O)Cn2cc(C(C)(O)C(=O)NCc3ccccc3)c3cc(Br)ccc32)C1.C=CC(=O)N1CC(NC(=O)Cn2c3c(c4cc(Br)ccc42)CN(C(=O)OC(C)(C)C)C3)C1. The Hall–Kier alpha value is -9.48. The Balaban J connectivity index is 0.000000154. The number of likely N-dealkylation sites (tertiary alicyclic amines) is 3. The van der Waals surface area contributed by atoms with Crippen LogP contribution in [0, 0.1) is 18.8 Å². The number of hydrogen-bond acceptors (Lipinski definition) is 10. The number of hydrogen-bond donors (Lipinski definition) is 3. The van der Waals surface area contributed by atoms with Gasteiger partial charge in [0.15, 0.2) is 17.2 Å². The summed E-state index contributed by atoms with van der Waals surface area (Å²) >= 11 is 10.7. The number of fused-ring (bicyclic) bond motifs is 5. The smallest absolute Gasteiger partial charge is 0.410 e. The zero-order valence-electron chi connectivity index (χ0n) is 57.7. The van der Waals surface area contributed by atoms with Crippen molar-refractivity contribution in [2.24, 2.45) is 11.8 Å². The van der Waals surface area contributed by atoms with E-state index in [1.54, 1.807) is 30.4 Å². The van der Waals surface area contributed by atoms with E-state index in [4.69, 9.17) is 4.74 Å². The van der Waals surface area contributed by atoms with E-state index in [1.165, 1.54) is 25.2 Å². The van der Waals surface area contributed by atoms with Gasteiger partial charge in [-0.1, -0.05) is 152 Å². The van der Waals surface area contributed by atoms with Gasteiger partial charge in [-0.05, 0) is 129 Å². The van der Waals surface area contributed by atoms with Gasteiger partial charge in [0, 0.05) is 146 Å². The summed E-state index contributed by atoms with van der Waals surface area (Å²) in [6.07, 6.45) is 8.18. The Kier molecular flexibility index (Phi) is 22.7. The van der Waals surface area contributed by atoms with E-state index in [0.29, 0.717) is 89.2 Å². The summed E-state index contributed by atoms with van der Waals surface area (Å²) in [5.41, 5.74) is 9.45. The van der Waals surface area contributed by atoms with Crippen molar-refractivity contribution < 1.29 is 48.2 Å². The van der Waals surface area contributed by atoms with Gasteiger partial charge in [0.2, 0.25) is 23.6 Å². The number of aliphatic hydroxyl groups is 1. The molecule has 3 saturated heterocycles. The number of aryl methyl sites for hydroxylation is 1. The molecule has 0 spiro atoms. The predicted octanol–water partition coefficient (Wildman–Crippen LogP) is 13.3. The van der Waals surface area contributed by atoms with Gasteiger partial charge in [-0.15, -0.1) is 0 Å². The van der Waals surface area contributed by atoms with E-state index < -0.39 is 17.1 Å². The maximum atomic E-state index is 13.1. The van der Waals surface area contributed by atoms with Crippen molar-refractivity contribution in [2.45, 2.75) is 104 Å². The number of aromatic nitrogens is 3. The molecular weight excluding hydrogens is 1490 g/mol. The highest BCUT2D eigenvalue weighted by atomic mass is 79.9. The molecule has 6 amide bonds. The van der Waals surface area contributed by atoms with E-state index >= 15 is 0 Å². The number of carbonyl (C=O) groups excluding carboxylic acids is 8. The summed E-state index contributed by atoms with van der Waals surface area (Å²) in [7, 11) is 0. The third-order valence-electron chi connectivity index (χ3n) is 18.8. The van der Waals surface area contributed by atoms with Gasteiger partial charge in [0.05, 0.1) is 37.7 Å². The van der Waals surface area contributed by atoms with Crippen molar-refractivity contribution in [2.75, 3.05) is 39.3 Å². The fraction of sp³-hybridized carbons (Fsp3) is 0.300. The maximum Gasteiger partial charge on any atom is 0.410 e. The van der Waals surface area contributed by atoms with Gasteiger partial charge in [-0.3, -0.25) is 38.5 Å². The first kappa shape index (κ1) is 73.7. The number of amides is 6. The summed E-state index contributed by atoms with van der Waals surface area (Å²) in [5, 5.41) is 19.9. The first-order valence-electron chi connectivity index (χ1n) is 33.8. The predicted molar refractivity (Wildman–Crippen MR) is 406 cm³/mol. The number of nitrogens with zero attached hydrogens (tertiary/aromatic N) is 7. The summed E-state index contributed by atoms with van der Waals surface area (Å²) < 4.78 is 14.2. The van der Waals surface area contributed by atoms with E-state index in [1.807, 2.05) is 98.1 Å². The molecule has 0 saturated carbocycles. The number of ether oxygens (including phenoxy) is 1. The topological polar surface area (TPSA) is 218 Å². The molecule has 19 nitrogen and oxygen atoms in total. The van der Waals surface area contributed by atoms with Crippen LogP contribution in [-0.4, -0.2) is 137 Å². The van der Waals surface area contributed by atoms with Crippen LogP contribution in [0.5, 0.6) is 0 Å². The van der Waals surface area contributed by atoms with Crippen LogP contribution in [0.3, 0.4) is 0 Å². The lowest BCUT2D eigenvalue weighted by molar-refractivity contribution is -0.139. The lowest BCUT2D eigenvalue weighted by atomic mass is 9.94. The Morgan fingerprint density at radius 3 is 1.69 bits per heavy atom. The molecule has 1 atom stereocenters. The van der Waals surface area contributed by atoms with Crippen LogP contribution >= 0.6 is 47.8 Å². The van der Waals surface area contributed by atoms with Gasteiger partial charge in [-0.2, -0.15) is 0 Å². The Morgan fingerprint density at radius 2 is 1.10 bits per heavy atom. The standard InChI is InChI=1S/C30H27BrN2O2.C27H28BrN3O4.C23H27BrN4O4/c1-3-29(35)32-16-21(17-32)14-24(34)18-33-19-28(27-15-23(31)13-20(2)30(27)33)26-12-8-7-11-25(26)22-9-5-4-6-10-22;1-3-25(33)31-14-19(15-31)11-21(32)16-30-17-23(22-12-20(28)9-10-24(22)30)27(2,35)26(34)29-13-18-7-5-4-6-8-18;1-5-21(30)26-9-15(10-26)25-20(29)13-28-18-7-6-14(24)8-16(18)17-11-27(12-19(17)28)22(31)32-23(2,3)4/h3-13,15,19,21H,1,14,16-18H2,2H3;3-10,12,17,19,35H,1,11,13-16H2,2H3,(H,29,34);5-8,15H,1,9-13H2,2-4H3,(H,25,29). The minimum atomic E-state index is -1.80. The van der Waals surface area contributed by atoms with Crippen molar-refractivity contribution in [3.8, 4) is 22.3 Å². The lowest BCUT2D eigenvalue weighted by Gasteiger charge is -2.38. The third-order valence-corrected chi connectivity index (χ3v) is 20.2. The lowest BCUT2D eigenvalue weighted by Crippen LogP contribution is -2.61. The average molecular weight is 1570 g/mol. The minimum absolute atomic E-state index is 0.0280. The van der Waals surface area contributed by atoms with Crippen molar-refractivity contribution in [3.05, 3.63) is 225 Å². The van der Waals surface area contributed by atoms with Gasteiger partial charge in [-0.25, -0.2) is 4.79 Å². The van der Waals surface area contributed by atoms with Crippen molar-refractivity contribution in [1.82, 2.24) is 43.9 Å². The molecule has 3 fully saturated rings. The first-order valence-corrected chi connectivity index (χ1v) is 36.2. The van der Waals surface area contributed by atoms with Gasteiger partial charge in [0.25, 0.3) is 5.91 Å². The van der Waals surface area contributed by atoms with Crippen molar-refractivity contribution in [3.63, 3.8) is 0 Å². The molecule has 0 bridgehead atoms. The van der Waals surface area contributed by atoms with Crippen LogP contribution < -0.4 is 10.6 Å². The summed E-state index contributed by atoms with van der Waals surface area (Å²) in [5.74, 6) is -0.385. The highest BCUT2D eigenvalue weighted by Gasteiger charge is 2.38. The molecule has 3 aromatic heterocycles. The largest absolute Gasteiger partial charge is 0.444 e. The van der Waals surface area contributed by atoms with Crippen LogP contribution in [-0.2, 0) is 83.2 Å². The van der Waals surface area contributed by atoms with Gasteiger partial charge < -0.3 is 48.9 Å². The van der Waals surface area contributed by atoms with Crippen LogP contribution in [0.15, 0.2) is 197 Å². The number of carbonyl (C=O) groups is 8. The van der Waals surface area contributed by atoms with Crippen LogP contribution in [0.25, 0.3) is 55.0 Å². The third kappa shape index (κ3) is 16.8. The molecule has 3 N–H and O–H groups in total. The summed E-state index contributed by atoms with van der Waals surface area (Å²) in [4.78, 5) is 106. The van der Waals surface area contributed by atoms with E-state index in [9.17, 15) is 43.5 Å². The van der Waals surface area contributed by atoms with Crippen LogP contribution in [0.1, 0.15) is 68.5 Å². The highest BCUT2D eigenvalue weighted by Crippen LogP contribution is 2.41. The highest BCUT2D eigenvalue weighted by molar-refractivity contribution is 9.11. The number of nitrogens with one attached hydrogen (secondary N) is 2. The second-order valence-corrected chi connectivity index (χ2v) is 30.4. The molecule has 0 aliphatic carbocycles. The van der Waals surface area contributed by atoms with Crippen molar-refractivity contribution in [1.29, 1.82) is 0 Å². The van der Waals surface area contributed by atoms with E-state index in [-0.39, 0.29) is 72.3 Å². The second kappa shape index (κ2) is 31.4. The Morgan fingerprint density at radius 1 is 0.569 bits per heavy atom. The van der Waals surface area contributed by atoms with Crippen molar-refractivity contribution >= 4 is 128 Å². The summed E-state index contributed by atoms with van der Waals surface area (Å²) in [6, 6.07) is 44.0. The first-order chi connectivity index (χ1) is 48.7. The molecular formula is C80H82Br3N9O10. The fourth-order valence-corrected chi connectivity index (χ4v) is 15.0. The molecule has 9 aromatic rings. The molecule has 6 aromatic carbocycles. The molecule has 1 unspecified atom stereocenters. The minimum Gasteiger partial charge on any atom is -0.444 e. The number of Topliss-reactive ketones (excluding diaryl/α,β-unsaturated/α-hetero) is 2. The molecule has 0 radical (unpaired) electrons. The van der Waals surface area contributed by atoms with Gasteiger partial charge in [0.1, 0.15) is 12.1 Å². The molecule has 22 heteroatoms. The zero-order chi connectivity index (χ0) is 72.9. The fourth-order valence-electron chi connectivity index (χ4n) is 13.7. The Labute approximate surface area is 618 Å². The maximum absolute atomic E-state index is 13.1. The molecule has 13 rings (SSSR count). The number of halogens is 3. The molecule has 4 aliphatic heterocycles. The molecule has 7 heterocycles. The number of benzene rings is 6. The molecule has 102 heavy (non-hydrogen) atoms. The van der Waals surface area contributed by atoms with Crippen LogP contribution in [0.2, 0.25) is 0 Å². The number of ketones is 2. The number of rotatable bonds is 20. The summed E-state index contributed by atoms with van der Waals surface area (Å²) in [6.45, 7) is 24.6. The molecule has 528 valence electrons. The van der Waals surface area contributed by atoms with Crippen LogP contribution in [0.4, 0.5) is 4.79 Å². The van der Waals surface area contributed by atoms with Gasteiger partial charge >= 0.3 is 6.09 Å². The Bertz CT molecular complexity index is 4760. The van der Waals surface area contributed by atoms with E-state index in [0.717, 1.165) is 85.4 Å². The van der Waals surface area contributed by atoms with E-state index in [2.05, 4.69) is 157 Å². The second-order valence-electron chi connectivity index (χ2n) is 27.6. The quantitative estimate of drug-likeness (QED) is 0.0613. The monoisotopic (exact) mass is 1570 g/mol. The average Bonchev–Trinajstić information content (AvgIpc) is 1.60. The molecule has 4 aliphatic rings.